The Morgan fingerprint density at radius 2 is 1.80 bits per heavy atom. The molecule has 2 saturated carbocycles. The van der Waals surface area contributed by atoms with Crippen LogP contribution in [0, 0.1) is 5.92 Å². The number of aldehydes is 1. The average molecular weight is 683 g/mol. The molecule has 3 aromatic rings. The van der Waals surface area contributed by atoms with Crippen molar-refractivity contribution in [1.82, 2.24) is 30.3 Å². The van der Waals surface area contributed by atoms with Crippen molar-refractivity contribution in [2.24, 2.45) is 17.4 Å². The molecule has 1 saturated heterocycles. The van der Waals surface area contributed by atoms with Crippen LogP contribution in [0.3, 0.4) is 0 Å². The highest BCUT2D eigenvalue weighted by molar-refractivity contribution is 5.96. The number of pyridine rings is 1. The summed E-state index contributed by atoms with van der Waals surface area (Å²) in [4.78, 5) is 44.5. The smallest absolute Gasteiger partial charge is 0.271 e. The number of likely N-dealkylation sites (tertiary alicyclic amines) is 1. The molecule has 1 atom stereocenters. The third-order valence-electron chi connectivity index (χ3n) is 9.80. The van der Waals surface area contributed by atoms with Gasteiger partial charge in [0.2, 0.25) is 5.91 Å². The maximum atomic E-state index is 13.1. The summed E-state index contributed by atoms with van der Waals surface area (Å²) in [6.45, 7) is 2.68. The van der Waals surface area contributed by atoms with Gasteiger partial charge in [-0.3, -0.25) is 19.1 Å². The number of anilines is 2. The topological polar surface area (TPSA) is 217 Å². The fourth-order valence-electron chi connectivity index (χ4n) is 6.70. The van der Waals surface area contributed by atoms with Crippen LogP contribution in [0.4, 0.5) is 11.4 Å². The van der Waals surface area contributed by atoms with Crippen LogP contribution in [-0.4, -0.2) is 74.2 Å². The molecule has 2 aliphatic carbocycles. The Labute approximate surface area is 289 Å². The van der Waals surface area contributed by atoms with Gasteiger partial charge < -0.3 is 42.5 Å². The molecule has 0 radical (unpaired) electrons. The van der Waals surface area contributed by atoms with E-state index < -0.39 is 11.8 Å². The Morgan fingerprint density at radius 3 is 2.48 bits per heavy atom. The number of amides is 2. The van der Waals surface area contributed by atoms with E-state index in [1.807, 2.05) is 36.1 Å². The number of hydrogen-bond acceptors (Lipinski definition) is 12. The summed E-state index contributed by atoms with van der Waals surface area (Å²) in [5.74, 6) is -2.90. The lowest BCUT2D eigenvalue weighted by molar-refractivity contribution is -0.302. The highest BCUT2D eigenvalue weighted by atomic mass is 16.5. The van der Waals surface area contributed by atoms with E-state index in [-0.39, 0.29) is 58.6 Å². The molecule has 3 fully saturated rings. The highest BCUT2D eigenvalue weighted by Crippen LogP contribution is 2.50. The standard InChI is InChI=1S/C35H42N10O5/c1-3-27-32-24(15-38-45(32)22-16-44(17-22)35(49,50)28-9-4-6-21(18-46)39-28)23-7-5-8-25(31(23)43(27)2)41-26(30(37)34(48)40-20-12-13-20)14-29(36)42-33(47)19-10-11-19/h4-9,14-15,18-20,22,27,41,49-50H,3,10-13,16-17,36-37H2,1-2H3,(H,40,48)(H,42,47)/b29-14+,30-26+. The Morgan fingerprint density at radius 1 is 1.06 bits per heavy atom. The van der Waals surface area contributed by atoms with Crippen LogP contribution in [-0.2, 0) is 15.5 Å². The van der Waals surface area contributed by atoms with E-state index >= 15 is 0 Å². The maximum Gasteiger partial charge on any atom is 0.271 e. The molecular weight excluding hydrogens is 640 g/mol. The third-order valence-corrected chi connectivity index (χ3v) is 9.80. The van der Waals surface area contributed by atoms with Crippen LogP contribution in [0.2, 0.25) is 0 Å². The Kier molecular flexibility index (Phi) is 8.58. The molecule has 2 aromatic heterocycles. The van der Waals surface area contributed by atoms with E-state index in [9.17, 15) is 24.6 Å². The zero-order chi connectivity index (χ0) is 35.3. The number of nitrogens with one attached hydrogen (secondary N) is 3. The number of carbonyl (C=O) groups excluding carboxylic acids is 3. The highest BCUT2D eigenvalue weighted by Gasteiger charge is 2.46. The molecule has 262 valence electrons. The first kappa shape index (κ1) is 33.3. The van der Waals surface area contributed by atoms with Crippen molar-refractivity contribution in [3.8, 4) is 11.1 Å². The van der Waals surface area contributed by atoms with Gasteiger partial charge >= 0.3 is 0 Å². The second-order valence-electron chi connectivity index (χ2n) is 13.4. The van der Waals surface area contributed by atoms with E-state index in [4.69, 9.17) is 16.6 Å². The molecule has 15 nitrogen and oxygen atoms in total. The van der Waals surface area contributed by atoms with Gasteiger partial charge in [-0.25, -0.2) is 9.88 Å². The van der Waals surface area contributed by atoms with Crippen LogP contribution >= 0.6 is 0 Å². The number of allylic oxidation sites excluding steroid dienone is 1. The third kappa shape index (κ3) is 6.19. The summed E-state index contributed by atoms with van der Waals surface area (Å²) in [6.07, 6.45) is 8.06. The lowest BCUT2D eigenvalue weighted by atomic mass is 9.91. The lowest BCUT2D eigenvalue weighted by Crippen LogP contribution is -2.59. The molecule has 7 rings (SSSR count). The number of hydrogen-bond donors (Lipinski definition) is 7. The number of fused-ring (bicyclic) bond motifs is 3. The number of aliphatic hydroxyl groups is 2. The van der Waals surface area contributed by atoms with Gasteiger partial charge in [0, 0.05) is 49.3 Å². The minimum absolute atomic E-state index is 0.0239. The van der Waals surface area contributed by atoms with Gasteiger partial charge in [0.05, 0.1) is 41.0 Å². The molecule has 4 aliphatic rings. The average Bonchev–Trinajstić information content (AvgIpc) is 4.02. The van der Waals surface area contributed by atoms with Gasteiger partial charge in [0.25, 0.3) is 11.8 Å². The Balaban J connectivity index is 1.18. The summed E-state index contributed by atoms with van der Waals surface area (Å²) in [5.41, 5.74) is 17.4. The fraction of sp³-hybridized carbons (Fsp3) is 0.400. The van der Waals surface area contributed by atoms with Gasteiger partial charge in [0.15, 0.2) is 6.29 Å². The molecule has 2 aliphatic heterocycles. The first-order valence-electron chi connectivity index (χ1n) is 16.9. The lowest BCUT2D eigenvalue weighted by Gasteiger charge is -2.47. The number of nitrogens with zero attached hydrogens (tertiary/aromatic N) is 5. The molecule has 2 amide bonds. The molecular formula is C35H42N10O5. The van der Waals surface area contributed by atoms with Gasteiger partial charge in [0.1, 0.15) is 22.9 Å². The van der Waals surface area contributed by atoms with Crippen molar-refractivity contribution in [1.29, 1.82) is 0 Å². The van der Waals surface area contributed by atoms with Crippen LogP contribution in [0.15, 0.2) is 65.9 Å². The second kappa shape index (κ2) is 12.9. The minimum atomic E-state index is -2.35. The number of para-hydroxylation sites is 1. The fourth-order valence-corrected chi connectivity index (χ4v) is 6.70. The molecule has 9 N–H and O–H groups in total. The van der Waals surface area contributed by atoms with Crippen molar-refractivity contribution >= 4 is 29.5 Å². The monoisotopic (exact) mass is 682 g/mol. The largest absolute Gasteiger partial charge is 0.393 e. The normalized spacial score (nSPS) is 19.9. The zero-order valence-electron chi connectivity index (χ0n) is 28.0. The molecule has 50 heavy (non-hydrogen) atoms. The van der Waals surface area contributed by atoms with Gasteiger partial charge in [-0.1, -0.05) is 25.1 Å². The van der Waals surface area contributed by atoms with E-state index in [1.165, 1.54) is 23.1 Å². The van der Waals surface area contributed by atoms with Gasteiger partial charge in [-0.2, -0.15) is 5.10 Å². The van der Waals surface area contributed by atoms with Crippen LogP contribution < -0.4 is 32.3 Å². The van der Waals surface area contributed by atoms with E-state index in [0.29, 0.717) is 25.1 Å². The van der Waals surface area contributed by atoms with Gasteiger partial charge in [-0.15, -0.1) is 0 Å². The van der Waals surface area contributed by atoms with E-state index in [0.717, 1.165) is 54.6 Å². The summed E-state index contributed by atoms with van der Waals surface area (Å²) >= 11 is 0. The van der Waals surface area contributed by atoms with Crippen LogP contribution in [0.1, 0.15) is 73.0 Å². The number of aromatic nitrogens is 3. The molecule has 0 bridgehead atoms. The molecule has 1 aromatic carbocycles. The van der Waals surface area contributed by atoms with Crippen molar-refractivity contribution < 1.29 is 24.6 Å². The predicted octanol–water partition coefficient (Wildman–Crippen LogP) is 1.50. The number of benzene rings is 1. The quantitative estimate of drug-likeness (QED) is 0.0626. The van der Waals surface area contributed by atoms with Gasteiger partial charge in [-0.05, 0) is 50.3 Å². The molecule has 1 unspecified atom stereocenters. The van der Waals surface area contributed by atoms with E-state index in [2.05, 4.69) is 32.8 Å². The van der Waals surface area contributed by atoms with Crippen molar-refractivity contribution in [3.63, 3.8) is 0 Å². The molecule has 15 heteroatoms. The number of rotatable bonds is 12. The van der Waals surface area contributed by atoms with Crippen molar-refractivity contribution in [3.05, 3.63) is 83.0 Å². The first-order chi connectivity index (χ1) is 24.0. The first-order valence-corrected chi connectivity index (χ1v) is 16.9. The number of nitrogens with two attached hydrogens (primary N) is 2. The van der Waals surface area contributed by atoms with Crippen LogP contribution in [0.5, 0.6) is 0 Å². The summed E-state index contributed by atoms with van der Waals surface area (Å²) in [6, 6.07) is 10.2. The summed E-state index contributed by atoms with van der Waals surface area (Å²) in [5, 5.41) is 35.8. The Bertz CT molecular complexity index is 1900. The zero-order valence-corrected chi connectivity index (χ0v) is 28.0. The molecule has 4 heterocycles. The summed E-state index contributed by atoms with van der Waals surface area (Å²) < 4.78 is 1.96. The summed E-state index contributed by atoms with van der Waals surface area (Å²) in [7, 11) is 2.00. The molecule has 0 spiro atoms. The number of carbonyl (C=O) groups is 3. The SMILES string of the molecule is CCC1c2c(cnn2C2CN(C(O)(O)c3cccc(C=O)n3)C2)-c2cccc(NC(/C=C(\N)NC(=O)C3CC3)=C(/N)C(=O)NC3CC3)c2N1C. The van der Waals surface area contributed by atoms with Crippen LogP contribution in [0.25, 0.3) is 11.1 Å². The maximum absolute atomic E-state index is 13.1. The van der Waals surface area contributed by atoms with E-state index in [1.54, 1.807) is 6.07 Å². The Hall–Kier alpha value is -5.25. The van der Waals surface area contributed by atoms with Crippen molar-refractivity contribution in [2.45, 2.75) is 63.1 Å². The second-order valence-corrected chi connectivity index (χ2v) is 13.4. The minimum Gasteiger partial charge on any atom is -0.393 e. The predicted molar refractivity (Wildman–Crippen MR) is 185 cm³/mol. The van der Waals surface area contributed by atoms with Crippen molar-refractivity contribution in [2.75, 3.05) is 30.4 Å².